The third-order valence-electron chi connectivity index (χ3n) is 8.64. The lowest BCUT2D eigenvalue weighted by Gasteiger charge is -2.34. The quantitative estimate of drug-likeness (QED) is 0.295. The lowest BCUT2D eigenvalue weighted by atomic mass is 9.83. The van der Waals surface area contributed by atoms with Crippen LogP contribution in [0.25, 0.3) is 22.4 Å². The van der Waals surface area contributed by atoms with Gasteiger partial charge >= 0.3 is 5.97 Å². The summed E-state index contributed by atoms with van der Waals surface area (Å²) < 4.78 is 5.88. The zero-order chi connectivity index (χ0) is 30.1. The number of aromatic nitrogens is 2. The molecule has 10 heteroatoms. The third-order valence-corrected chi connectivity index (χ3v) is 9.48. The molecular formula is C33H38N4O5S. The number of ether oxygens (including phenoxy) is 1. The minimum Gasteiger partial charge on any atom is -0.481 e. The van der Waals surface area contributed by atoms with Crippen LogP contribution in [0.5, 0.6) is 0 Å². The van der Waals surface area contributed by atoms with Crippen LogP contribution >= 0.6 is 11.3 Å². The van der Waals surface area contributed by atoms with Gasteiger partial charge in [-0.2, -0.15) is 0 Å². The molecule has 0 bridgehead atoms. The van der Waals surface area contributed by atoms with Gasteiger partial charge in [0.15, 0.2) is 5.13 Å². The second-order valence-corrected chi connectivity index (χ2v) is 13.0. The van der Waals surface area contributed by atoms with Crippen LogP contribution in [0.4, 0.5) is 10.9 Å². The van der Waals surface area contributed by atoms with Crippen molar-refractivity contribution in [3.05, 3.63) is 48.0 Å². The average Bonchev–Trinajstić information content (AvgIpc) is 3.52. The molecule has 226 valence electrons. The maximum Gasteiger partial charge on any atom is 0.304 e. The second-order valence-electron chi connectivity index (χ2n) is 12.2. The highest BCUT2D eigenvalue weighted by atomic mass is 32.1. The Hall–Kier alpha value is -3.63. The van der Waals surface area contributed by atoms with Crippen LogP contribution in [-0.2, 0) is 19.1 Å². The highest BCUT2D eigenvalue weighted by Gasteiger charge is 2.40. The number of carbonyl (C=O) groups is 3. The minimum absolute atomic E-state index is 0.0515. The van der Waals surface area contributed by atoms with Crippen molar-refractivity contribution in [3.63, 3.8) is 0 Å². The molecule has 0 spiro atoms. The van der Waals surface area contributed by atoms with Crippen molar-refractivity contribution in [1.82, 2.24) is 9.97 Å². The summed E-state index contributed by atoms with van der Waals surface area (Å²) in [6.45, 7) is 4.78. The number of thiazole rings is 1. The first kappa shape index (κ1) is 29.4. The Morgan fingerprint density at radius 2 is 1.86 bits per heavy atom. The molecule has 1 aromatic carbocycles. The summed E-state index contributed by atoms with van der Waals surface area (Å²) in [5.74, 6) is -0.679. The zero-order valence-electron chi connectivity index (χ0n) is 24.6. The summed E-state index contributed by atoms with van der Waals surface area (Å²) >= 11 is 1.42. The van der Waals surface area contributed by atoms with E-state index in [0.29, 0.717) is 30.3 Å². The molecule has 2 aromatic heterocycles. The maximum absolute atomic E-state index is 14.1. The Bertz CT molecular complexity index is 1480. The molecule has 4 atom stereocenters. The van der Waals surface area contributed by atoms with E-state index in [2.05, 4.69) is 4.98 Å². The van der Waals surface area contributed by atoms with Gasteiger partial charge in [0.2, 0.25) is 11.8 Å². The summed E-state index contributed by atoms with van der Waals surface area (Å²) in [4.78, 5) is 51.1. The van der Waals surface area contributed by atoms with Crippen molar-refractivity contribution < 1.29 is 24.2 Å². The predicted molar refractivity (Wildman–Crippen MR) is 166 cm³/mol. The van der Waals surface area contributed by atoms with E-state index >= 15 is 0 Å². The number of aliphatic carboxylic acids is 1. The van der Waals surface area contributed by atoms with Gasteiger partial charge in [0.1, 0.15) is 5.82 Å². The van der Waals surface area contributed by atoms with Crippen LogP contribution in [0.3, 0.4) is 0 Å². The second kappa shape index (κ2) is 12.5. The van der Waals surface area contributed by atoms with Crippen molar-refractivity contribution in [1.29, 1.82) is 0 Å². The van der Waals surface area contributed by atoms with Crippen molar-refractivity contribution >= 4 is 40.1 Å². The topological polar surface area (TPSA) is 113 Å². The van der Waals surface area contributed by atoms with Gasteiger partial charge in [0, 0.05) is 47.6 Å². The van der Waals surface area contributed by atoms with Crippen LogP contribution < -0.4 is 9.80 Å². The maximum atomic E-state index is 14.1. The number of hydrogen-bond acceptors (Lipinski definition) is 7. The van der Waals surface area contributed by atoms with Crippen LogP contribution in [0.15, 0.2) is 48.0 Å². The van der Waals surface area contributed by atoms with E-state index in [4.69, 9.17) is 9.72 Å². The molecule has 1 N–H and O–H groups in total. The largest absolute Gasteiger partial charge is 0.481 e. The Balaban J connectivity index is 1.25. The number of hydrogen-bond donors (Lipinski definition) is 1. The Kier molecular flexibility index (Phi) is 8.59. The minimum atomic E-state index is -0.954. The molecule has 9 nitrogen and oxygen atoms in total. The molecule has 1 saturated carbocycles. The molecule has 1 unspecified atom stereocenters. The molecule has 3 aliphatic rings. The first-order chi connectivity index (χ1) is 20.8. The van der Waals surface area contributed by atoms with Gasteiger partial charge in [-0.3, -0.25) is 24.2 Å². The van der Waals surface area contributed by atoms with E-state index in [-0.39, 0.29) is 42.4 Å². The van der Waals surface area contributed by atoms with E-state index in [0.717, 1.165) is 54.5 Å². The number of amides is 2. The Morgan fingerprint density at radius 3 is 2.49 bits per heavy atom. The average molecular weight is 603 g/mol. The van der Waals surface area contributed by atoms with Gasteiger partial charge < -0.3 is 9.84 Å². The highest BCUT2D eigenvalue weighted by molar-refractivity contribution is 7.14. The molecular weight excluding hydrogens is 564 g/mol. The fourth-order valence-electron chi connectivity index (χ4n) is 6.63. The molecule has 2 amide bonds. The normalized spacial score (nSPS) is 22.9. The number of benzene rings is 1. The fraction of sp³-hybridized carbons (Fsp3) is 0.485. The van der Waals surface area contributed by atoms with Gasteiger partial charge in [-0.15, -0.1) is 11.3 Å². The molecule has 43 heavy (non-hydrogen) atoms. The fourth-order valence-corrected chi connectivity index (χ4v) is 7.53. The molecule has 1 aliphatic carbocycles. The van der Waals surface area contributed by atoms with E-state index in [1.54, 1.807) is 16.0 Å². The molecule has 4 heterocycles. The molecule has 6 rings (SSSR count). The van der Waals surface area contributed by atoms with Gasteiger partial charge in [0.05, 0.1) is 24.3 Å². The number of pyridine rings is 1. The Labute approximate surface area is 255 Å². The number of anilines is 2. The SMILES string of the molecule is C[C@@H]1CC(C[C@H](CC(=O)O)C(=O)N(c2nc(-c3ccccc3-c3ccc(N4CCCC4=O)nc3)cs2)C2CC2)C[C@H](C)O1. The monoisotopic (exact) mass is 602 g/mol. The summed E-state index contributed by atoms with van der Waals surface area (Å²) in [6.07, 6.45) is 7.20. The summed E-state index contributed by atoms with van der Waals surface area (Å²) in [6, 6.07) is 11.9. The van der Waals surface area contributed by atoms with Crippen LogP contribution in [0, 0.1) is 11.8 Å². The van der Waals surface area contributed by atoms with E-state index in [9.17, 15) is 19.5 Å². The Morgan fingerprint density at radius 1 is 1.12 bits per heavy atom. The van der Waals surface area contributed by atoms with Crippen LogP contribution in [0.1, 0.15) is 65.2 Å². The van der Waals surface area contributed by atoms with Gasteiger partial charge in [-0.1, -0.05) is 24.3 Å². The summed E-state index contributed by atoms with van der Waals surface area (Å²) in [5.41, 5.74) is 3.56. The van der Waals surface area contributed by atoms with Gasteiger partial charge in [-0.25, -0.2) is 9.97 Å². The highest BCUT2D eigenvalue weighted by Crippen LogP contribution is 2.40. The van der Waals surface area contributed by atoms with Crippen molar-refractivity contribution in [2.45, 2.75) is 83.5 Å². The lowest BCUT2D eigenvalue weighted by Crippen LogP contribution is -2.40. The standard InChI is InChI=1S/C33H38N4O5S/c1-20-14-22(15-21(2)42-20)16-24(17-31(39)40)32(41)37(25-10-11-25)33-35-28(19-43-33)27-7-4-3-6-26(27)23-9-12-29(34-18-23)36-13-5-8-30(36)38/h3-4,6-7,9,12,18-22,24-25H,5,8,10-11,13-17H2,1-2H3,(H,39,40)/t20-,21+,22?,24-/m1/s1. The number of rotatable bonds is 10. The zero-order valence-corrected chi connectivity index (χ0v) is 25.5. The lowest BCUT2D eigenvalue weighted by molar-refractivity contribution is -0.141. The van der Waals surface area contributed by atoms with Gasteiger partial charge in [-0.05, 0) is 76.0 Å². The van der Waals surface area contributed by atoms with Crippen LogP contribution in [0.2, 0.25) is 0 Å². The molecule has 3 fully saturated rings. The number of nitrogens with zero attached hydrogens (tertiary/aromatic N) is 4. The number of carbonyl (C=O) groups excluding carboxylic acids is 2. The van der Waals surface area contributed by atoms with Crippen molar-refractivity contribution in [3.8, 4) is 22.4 Å². The smallest absolute Gasteiger partial charge is 0.304 e. The molecule has 2 saturated heterocycles. The number of carboxylic acids is 1. The van der Waals surface area contributed by atoms with E-state index < -0.39 is 11.9 Å². The van der Waals surface area contributed by atoms with E-state index in [1.165, 1.54) is 11.3 Å². The van der Waals surface area contributed by atoms with E-state index in [1.807, 2.05) is 55.6 Å². The van der Waals surface area contributed by atoms with Crippen LogP contribution in [-0.4, -0.2) is 57.7 Å². The first-order valence-electron chi connectivity index (χ1n) is 15.3. The third kappa shape index (κ3) is 6.65. The molecule has 3 aromatic rings. The van der Waals surface area contributed by atoms with Crippen molar-refractivity contribution in [2.24, 2.45) is 11.8 Å². The van der Waals surface area contributed by atoms with Crippen molar-refractivity contribution in [2.75, 3.05) is 16.3 Å². The van der Waals surface area contributed by atoms with Gasteiger partial charge in [0.25, 0.3) is 0 Å². The summed E-state index contributed by atoms with van der Waals surface area (Å²) in [7, 11) is 0. The molecule has 0 radical (unpaired) electrons. The molecule has 2 aliphatic heterocycles. The number of carboxylic acid groups (broad SMARTS) is 1. The summed E-state index contributed by atoms with van der Waals surface area (Å²) in [5, 5.41) is 12.3. The predicted octanol–water partition coefficient (Wildman–Crippen LogP) is 6.18. The first-order valence-corrected chi connectivity index (χ1v) is 16.2.